The predicted molar refractivity (Wildman–Crippen MR) is 95.9 cm³/mol. The molecule has 0 aromatic heterocycles. The van der Waals surface area contributed by atoms with E-state index in [1.54, 1.807) is 13.0 Å². The third kappa shape index (κ3) is 4.25. The van der Waals surface area contributed by atoms with Crippen LogP contribution in [-0.4, -0.2) is 22.0 Å². The van der Waals surface area contributed by atoms with Gasteiger partial charge in [0.2, 0.25) is 0 Å². The minimum absolute atomic E-state index is 0.0590. The van der Waals surface area contributed by atoms with E-state index in [9.17, 15) is 12.8 Å². The van der Waals surface area contributed by atoms with E-state index < -0.39 is 16.0 Å². The van der Waals surface area contributed by atoms with Crippen molar-refractivity contribution in [2.24, 2.45) is 0 Å². The van der Waals surface area contributed by atoms with E-state index in [2.05, 4.69) is 20.7 Å². The number of nitrogens with one attached hydrogen (secondary N) is 1. The summed E-state index contributed by atoms with van der Waals surface area (Å²) < 4.78 is 48.2. The molecule has 2 aromatic carbocycles. The van der Waals surface area contributed by atoms with Gasteiger partial charge >= 0.3 is 10.2 Å². The van der Waals surface area contributed by atoms with Crippen molar-refractivity contribution in [3.8, 4) is 5.75 Å². The van der Waals surface area contributed by atoms with Crippen molar-refractivity contribution in [3.63, 3.8) is 0 Å². The molecule has 0 unspecified atom stereocenters. The molecule has 24 heavy (non-hydrogen) atoms. The number of benzene rings is 2. The molecule has 0 fully saturated rings. The van der Waals surface area contributed by atoms with Gasteiger partial charge in [-0.2, -0.15) is 8.42 Å². The molecule has 0 aliphatic heterocycles. The van der Waals surface area contributed by atoms with Crippen molar-refractivity contribution in [3.05, 3.63) is 58.3 Å². The van der Waals surface area contributed by atoms with Gasteiger partial charge in [-0.25, -0.2) is 9.11 Å². The quantitative estimate of drug-likeness (QED) is 0.751. The van der Waals surface area contributed by atoms with Gasteiger partial charge in [-0.3, -0.25) is 4.31 Å². The van der Waals surface area contributed by atoms with Crippen LogP contribution >= 0.6 is 15.9 Å². The third-order valence-corrected chi connectivity index (χ3v) is 5.31. The molecule has 0 spiro atoms. The molecule has 0 saturated carbocycles. The van der Waals surface area contributed by atoms with Crippen molar-refractivity contribution in [2.45, 2.75) is 13.5 Å². The van der Waals surface area contributed by atoms with Gasteiger partial charge in [0, 0.05) is 18.1 Å². The molecule has 0 aliphatic carbocycles. The van der Waals surface area contributed by atoms with Crippen molar-refractivity contribution in [2.75, 3.05) is 17.9 Å². The lowest BCUT2D eigenvalue weighted by Gasteiger charge is -2.25. The highest BCUT2D eigenvalue weighted by molar-refractivity contribution is 9.10. The summed E-state index contributed by atoms with van der Waals surface area (Å²) in [6, 6.07) is 12.1. The minimum atomic E-state index is -3.86. The van der Waals surface area contributed by atoms with Gasteiger partial charge in [0.15, 0.2) is 5.82 Å². The highest BCUT2D eigenvalue weighted by Gasteiger charge is 2.26. The molecule has 0 bridgehead atoms. The normalized spacial score (nSPS) is 11.3. The van der Waals surface area contributed by atoms with Crippen molar-refractivity contribution < 1.29 is 17.5 Å². The SMILES string of the molecule is CCN(c1c(F)cc(Br)cc1OCc1ccccc1)S(=O)(=O)NC. The topological polar surface area (TPSA) is 58.6 Å². The van der Waals surface area contributed by atoms with Gasteiger partial charge in [-0.05, 0) is 24.6 Å². The van der Waals surface area contributed by atoms with Crippen LogP contribution in [0.4, 0.5) is 10.1 Å². The zero-order valence-electron chi connectivity index (χ0n) is 13.3. The van der Waals surface area contributed by atoms with Crippen LogP contribution in [0.5, 0.6) is 5.75 Å². The zero-order chi connectivity index (χ0) is 17.7. The van der Waals surface area contributed by atoms with Crippen molar-refractivity contribution in [1.29, 1.82) is 0 Å². The monoisotopic (exact) mass is 416 g/mol. The van der Waals surface area contributed by atoms with Crippen LogP contribution in [0.25, 0.3) is 0 Å². The number of hydrogen-bond acceptors (Lipinski definition) is 3. The first-order chi connectivity index (χ1) is 11.4. The molecule has 0 saturated heterocycles. The smallest absolute Gasteiger partial charge is 0.301 e. The third-order valence-electron chi connectivity index (χ3n) is 3.32. The molecule has 2 aromatic rings. The Bertz CT molecular complexity index is 800. The van der Waals surface area contributed by atoms with Gasteiger partial charge in [0.25, 0.3) is 0 Å². The second-order valence-electron chi connectivity index (χ2n) is 4.88. The molecule has 8 heteroatoms. The molecular formula is C16H18BrFN2O3S. The fraction of sp³-hybridized carbons (Fsp3) is 0.250. The maximum Gasteiger partial charge on any atom is 0.301 e. The lowest BCUT2D eigenvalue weighted by atomic mass is 10.2. The standard InChI is InChI=1S/C16H18BrFN2O3S/c1-3-20(24(21,22)19-2)16-14(18)9-13(17)10-15(16)23-11-12-7-5-4-6-8-12/h4-10,19H,3,11H2,1-2H3. The molecule has 130 valence electrons. The van der Waals surface area contributed by atoms with Crippen LogP contribution in [0.15, 0.2) is 46.9 Å². The summed E-state index contributed by atoms with van der Waals surface area (Å²) in [6.45, 7) is 1.88. The number of anilines is 1. The Morgan fingerprint density at radius 1 is 1.25 bits per heavy atom. The largest absolute Gasteiger partial charge is 0.487 e. The summed E-state index contributed by atoms with van der Waals surface area (Å²) in [7, 11) is -2.58. The Kier molecular flexibility index (Phi) is 6.20. The first-order valence-electron chi connectivity index (χ1n) is 7.26. The number of rotatable bonds is 7. The van der Waals surface area contributed by atoms with Gasteiger partial charge in [-0.15, -0.1) is 0 Å². The van der Waals surface area contributed by atoms with Gasteiger partial charge in [0.05, 0.1) is 0 Å². The minimum Gasteiger partial charge on any atom is -0.487 e. The Morgan fingerprint density at radius 2 is 1.92 bits per heavy atom. The highest BCUT2D eigenvalue weighted by atomic mass is 79.9. The van der Waals surface area contributed by atoms with E-state index in [0.717, 1.165) is 9.87 Å². The van der Waals surface area contributed by atoms with Crippen LogP contribution in [-0.2, 0) is 16.8 Å². The fourth-order valence-corrected chi connectivity index (χ4v) is 3.57. The molecule has 0 radical (unpaired) electrons. The molecule has 0 atom stereocenters. The van der Waals surface area contributed by atoms with Gasteiger partial charge in [0.1, 0.15) is 18.0 Å². The summed E-state index contributed by atoms with van der Waals surface area (Å²) in [5, 5.41) is 0. The molecule has 0 heterocycles. The van der Waals surface area contributed by atoms with E-state index in [1.807, 2.05) is 30.3 Å². The van der Waals surface area contributed by atoms with Crippen molar-refractivity contribution in [1.82, 2.24) is 4.72 Å². The summed E-state index contributed by atoms with van der Waals surface area (Å²) >= 11 is 3.21. The van der Waals surface area contributed by atoms with Crippen LogP contribution < -0.4 is 13.8 Å². The van der Waals surface area contributed by atoms with Crippen LogP contribution in [0.2, 0.25) is 0 Å². The lowest BCUT2D eigenvalue weighted by molar-refractivity contribution is 0.305. The molecule has 0 amide bonds. The first-order valence-corrected chi connectivity index (χ1v) is 9.49. The molecule has 1 N–H and O–H groups in total. The average Bonchev–Trinajstić information content (AvgIpc) is 2.56. The molecule has 5 nitrogen and oxygen atoms in total. The van der Waals surface area contributed by atoms with E-state index in [-0.39, 0.29) is 24.6 Å². The Morgan fingerprint density at radius 3 is 2.50 bits per heavy atom. The van der Waals surface area contributed by atoms with Crippen LogP contribution in [0, 0.1) is 5.82 Å². The lowest BCUT2D eigenvalue weighted by Crippen LogP contribution is -2.39. The molecule has 0 aliphatic rings. The summed E-state index contributed by atoms with van der Waals surface area (Å²) in [6.07, 6.45) is 0. The average molecular weight is 417 g/mol. The van der Waals surface area contributed by atoms with E-state index in [1.165, 1.54) is 13.1 Å². The fourth-order valence-electron chi connectivity index (χ4n) is 2.19. The maximum atomic E-state index is 14.5. The van der Waals surface area contributed by atoms with Gasteiger partial charge < -0.3 is 4.74 Å². The second-order valence-corrected chi connectivity index (χ2v) is 7.60. The van der Waals surface area contributed by atoms with Crippen molar-refractivity contribution >= 4 is 31.8 Å². The zero-order valence-corrected chi connectivity index (χ0v) is 15.7. The van der Waals surface area contributed by atoms with Crippen LogP contribution in [0.1, 0.15) is 12.5 Å². The first kappa shape index (κ1) is 18.7. The summed E-state index contributed by atoms with van der Waals surface area (Å²) in [4.78, 5) is 0. The number of ether oxygens (including phenoxy) is 1. The summed E-state index contributed by atoms with van der Waals surface area (Å²) in [5.74, 6) is -0.542. The van der Waals surface area contributed by atoms with Crippen LogP contribution in [0.3, 0.4) is 0 Å². The highest BCUT2D eigenvalue weighted by Crippen LogP contribution is 2.36. The number of hydrogen-bond donors (Lipinski definition) is 1. The van der Waals surface area contributed by atoms with E-state index in [4.69, 9.17) is 4.74 Å². The maximum absolute atomic E-state index is 14.5. The predicted octanol–water partition coefficient (Wildman–Crippen LogP) is 3.46. The molecular weight excluding hydrogens is 399 g/mol. The Labute approximate surface area is 149 Å². The van der Waals surface area contributed by atoms with E-state index in [0.29, 0.717) is 4.47 Å². The van der Waals surface area contributed by atoms with E-state index >= 15 is 0 Å². The van der Waals surface area contributed by atoms with Gasteiger partial charge in [-0.1, -0.05) is 46.3 Å². The summed E-state index contributed by atoms with van der Waals surface area (Å²) in [5.41, 5.74) is 0.773. The Balaban J connectivity index is 2.43. The number of nitrogens with zero attached hydrogens (tertiary/aromatic N) is 1. The second kappa shape index (κ2) is 7.96. The Hall–Kier alpha value is -1.64. The number of halogens is 2. The molecule has 2 rings (SSSR count).